The van der Waals surface area contributed by atoms with E-state index in [1.165, 1.54) is 0 Å². The fourth-order valence-electron chi connectivity index (χ4n) is 9.10. The van der Waals surface area contributed by atoms with Crippen molar-refractivity contribution in [3.8, 4) is 80.1 Å². The van der Waals surface area contributed by atoms with Crippen LogP contribution in [0.4, 0.5) is 17.1 Å². The third-order valence-electron chi connectivity index (χ3n) is 12.4. The number of anilines is 3. The maximum atomic E-state index is 10.6. The van der Waals surface area contributed by atoms with Crippen molar-refractivity contribution in [3.05, 3.63) is 241 Å². The maximum Gasteiger partial charge on any atom is 0.161 e. The molecule has 0 atom stereocenters. The summed E-state index contributed by atoms with van der Waals surface area (Å²) in [5, 5.41) is 32.7. The molecule has 0 spiro atoms. The minimum absolute atomic E-state index is 0.408. The van der Waals surface area contributed by atoms with Crippen LogP contribution in [0.3, 0.4) is 0 Å². The molecule has 11 aromatic rings. The molecule has 7 heteroatoms. The van der Waals surface area contributed by atoms with Gasteiger partial charge in [0.25, 0.3) is 0 Å². The Morgan fingerprint density at radius 1 is 0.353 bits per heavy atom. The zero-order chi connectivity index (χ0) is 46.0. The fraction of sp³-hybridized carbons (Fsp3) is 0. The van der Waals surface area contributed by atoms with Crippen molar-refractivity contribution in [1.29, 1.82) is 15.8 Å². The Bertz CT molecular complexity index is 3700. The van der Waals surface area contributed by atoms with Crippen molar-refractivity contribution in [3.63, 3.8) is 0 Å². The van der Waals surface area contributed by atoms with Crippen molar-refractivity contribution in [2.24, 2.45) is 0 Å². The van der Waals surface area contributed by atoms with Gasteiger partial charge in [-0.05, 0) is 107 Å². The van der Waals surface area contributed by atoms with Gasteiger partial charge in [0.1, 0.15) is 0 Å². The Balaban J connectivity index is 0.908. The molecule has 7 nitrogen and oxygen atoms in total. The monoisotopic (exact) mass is 867 g/mol. The lowest BCUT2D eigenvalue weighted by Crippen LogP contribution is -2.09. The molecule has 0 unspecified atom stereocenters. The Hall–Kier alpha value is -9.87. The van der Waals surface area contributed by atoms with Crippen LogP contribution in [0.15, 0.2) is 224 Å². The number of para-hydroxylation sites is 3. The third kappa shape index (κ3) is 7.47. The molecule has 0 aliphatic heterocycles. The molecule has 0 fully saturated rings. The molecular formula is C61H37N7. The van der Waals surface area contributed by atoms with Gasteiger partial charge in [-0.1, -0.05) is 140 Å². The van der Waals surface area contributed by atoms with Gasteiger partial charge in [-0.15, -0.1) is 0 Å². The molecule has 11 rings (SSSR count). The van der Waals surface area contributed by atoms with Crippen molar-refractivity contribution >= 4 is 38.9 Å². The molecule has 316 valence electrons. The molecule has 0 bridgehead atoms. The van der Waals surface area contributed by atoms with Crippen LogP contribution in [0.25, 0.3) is 83.6 Å². The lowest BCUT2D eigenvalue weighted by molar-refractivity contribution is 1.18. The van der Waals surface area contributed by atoms with Crippen LogP contribution >= 0.6 is 0 Å². The molecular weight excluding hydrogens is 831 g/mol. The summed E-state index contributed by atoms with van der Waals surface area (Å²) in [6.07, 6.45) is 0. The highest BCUT2D eigenvalue weighted by Gasteiger charge is 2.19. The van der Waals surface area contributed by atoms with Gasteiger partial charge in [0.05, 0.1) is 57.3 Å². The summed E-state index contributed by atoms with van der Waals surface area (Å²) >= 11 is 0. The number of hydrogen-bond donors (Lipinski definition) is 0. The summed E-state index contributed by atoms with van der Waals surface area (Å²) in [6.45, 7) is 0. The zero-order valence-electron chi connectivity index (χ0n) is 36.5. The SMILES string of the molecule is N#Cc1cc(-n2c3ccccc3c3cc(N(c4ccccc4)c4ccccc4)ccc32)ccc1-c1ccc(-c2ccc(-c3cc(-c4ccccc4C#N)nc(-c4ccccc4C#N)n3)cc2)cc1. The van der Waals surface area contributed by atoms with Crippen LogP contribution < -0.4 is 4.90 Å². The van der Waals surface area contributed by atoms with E-state index < -0.39 is 0 Å². The van der Waals surface area contributed by atoms with Crippen LogP contribution in [0.5, 0.6) is 0 Å². The molecule has 0 aliphatic carbocycles. The summed E-state index contributed by atoms with van der Waals surface area (Å²) in [5.41, 5.74) is 15.1. The number of fused-ring (bicyclic) bond motifs is 3. The molecule has 2 heterocycles. The molecule has 0 saturated carbocycles. The number of aromatic nitrogens is 3. The van der Waals surface area contributed by atoms with E-state index in [9.17, 15) is 15.8 Å². The predicted octanol–water partition coefficient (Wildman–Crippen LogP) is 15.0. The average Bonchev–Trinajstić information content (AvgIpc) is 3.75. The molecule has 0 radical (unpaired) electrons. The third-order valence-corrected chi connectivity index (χ3v) is 12.4. The van der Waals surface area contributed by atoms with E-state index in [4.69, 9.17) is 9.97 Å². The smallest absolute Gasteiger partial charge is 0.161 e. The quantitative estimate of drug-likeness (QED) is 0.143. The number of rotatable bonds is 9. The number of hydrogen-bond acceptors (Lipinski definition) is 6. The average molecular weight is 868 g/mol. The van der Waals surface area contributed by atoms with Crippen LogP contribution in [0, 0.1) is 34.0 Å². The molecule has 2 aromatic heterocycles. The van der Waals surface area contributed by atoms with Gasteiger partial charge in [-0.25, -0.2) is 9.97 Å². The zero-order valence-corrected chi connectivity index (χ0v) is 36.5. The Kier molecular flexibility index (Phi) is 10.6. The van der Waals surface area contributed by atoms with E-state index >= 15 is 0 Å². The number of benzene rings is 9. The largest absolute Gasteiger partial charge is 0.310 e. The molecule has 0 aliphatic rings. The standard InChI is InChI=1S/C61H37N7/c62-38-45-13-7-9-19-53(45)58-37-57(65-61(66-58)54-20-10-8-14-46(54)39-63)44-29-25-42(26-30-44)41-23-27-43(28-24-41)52-33-31-50(35-47(52)40-64)68-59-22-12-11-21-55(59)56-36-51(32-34-60(56)68)67(48-15-3-1-4-16-48)49-17-5-2-6-18-49/h1-37H. The van der Waals surface area contributed by atoms with Gasteiger partial charge in [-0.2, -0.15) is 15.8 Å². The molecule has 0 amide bonds. The van der Waals surface area contributed by atoms with Crippen LogP contribution in [0.2, 0.25) is 0 Å². The van der Waals surface area contributed by atoms with Crippen molar-refractivity contribution in [1.82, 2.24) is 14.5 Å². The number of nitriles is 3. The summed E-state index contributed by atoms with van der Waals surface area (Å²) < 4.78 is 2.25. The summed E-state index contributed by atoms with van der Waals surface area (Å²) in [4.78, 5) is 12.1. The first-order chi connectivity index (χ1) is 33.6. The second-order valence-electron chi connectivity index (χ2n) is 16.3. The van der Waals surface area contributed by atoms with E-state index in [0.29, 0.717) is 45.0 Å². The first-order valence-corrected chi connectivity index (χ1v) is 22.2. The van der Waals surface area contributed by atoms with Crippen LogP contribution in [-0.4, -0.2) is 14.5 Å². The highest BCUT2D eigenvalue weighted by molar-refractivity contribution is 6.10. The fourth-order valence-corrected chi connectivity index (χ4v) is 9.10. The minimum Gasteiger partial charge on any atom is -0.310 e. The van der Waals surface area contributed by atoms with Gasteiger partial charge < -0.3 is 9.47 Å². The summed E-state index contributed by atoms with van der Waals surface area (Å²) in [5.74, 6) is 0.408. The van der Waals surface area contributed by atoms with Crippen LogP contribution in [0.1, 0.15) is 16.7 Å². The van der Waals surface area contributed by atoms with E-state index in [2.05, 4.69) is 161 Å². The van der Waals surface area contributed by atoms with Crippen molar-refractivity contribution in [2.75, 3.05) is 4.90 Å². The molecule has 0 N–H and O–H groups in total. The second-order valence-corrected chi connectivity index (χ2v) is 16.3. The number of nitrogens with zero attached hydrogens (tertiary/aromatic N) is 7. The summed E-state index contributed by atoms with van der Waals surface area (Å²) in [6, 6.07) is 82.0. The van der Waals surface area contributed by atoms with E-state index in [-0.39, 0.29) is 0 Å². The molecule has 9 aromatic carbocycles. The van der Waals surface area contributed by atoms with Crippen molar-refractivity contribution < 1.29 is 0 Å². The first kappa shape index (κ1) is 40.9. The Morgan fingerprint density at radius 2 is 0.882 bits per heavy atom. The van der Waals surface area contributed by atoms with Gasteiger partial charge in [-0.3, -0.25) is 0 Å². The van der Waals surface area contributed by atoms with E-state index in [1.54, 1.807) is 12.1 Å². The Morgan fingerprint density at radius 3 is 1.54 bits per heavy atom. The first-order valence-electron chi connectivity index (χ1n) is 22.2. The highest BCUT2D eigenvalue weighted by atomic mass is 15.1. The highest BCUT2D eigenvalue weighted by Crippen LogP contribution is 2.40. The predicted molar refractivity (Wildman–Crippen MR) is 272 cm³/mol. The van der Waals surface area contributed by atoms with Crippen molar-refractivity contribution in [2.45, 2.75) is 0 Å². The minimum atomic E-state index is 0.408. The van der Waals surface area contributed by atoms with Gasteiger partial charge in [0.15, 0.2) is 5.82 Å². The topological polar surface area (TPSA) is 105 Å². The molecule has 68 heavy (non-hydrogen) atoms. The summed E-state index contributed by atoms with van der Waals surface area (Å²) in [7, 11) is 0. The van der Waals surface area contributed by atoms with Crippen LogP contribution in [-0.2, 0) is 0 Å². The lowest BCUT2D eigenvalue weighted by atomic mass is 9.96. The van der Waals surface area contributed by atoms with E-state index in [0.717, 1.165) is 72.4 Å². The van der Waals surface area contributed by atoms with Gasteiger partial charge >= 0.3 is 0 Å². The lowest BCUT2D eigenvalue weighted by Gasteiger charge is -2.25. The van der Waals surface area contributed by atoms with Gasteiger partial charge in [0.2, 0.25) is 0 Å². The maximum absolute atomic E-state index is 10.6. The normalized spacial score (nSPS) is 10.9. The van der Waals surface area contributed by atoms with E-state index in [1.807, 2.05) is 78.9 Å². The molecule has 0 saturated heterocycles. The second kappa shape index (κ2) is 17.6. The Labute approximate surface area is 393 Å². The van der Waals surface area contributed by atoms with Gasteiger partial charge in [0, 0.05) is 50.2 Å².